The van der Waals surface area contributed by atoms with Gasteiger partial charge in [-0.3, -0.25) is 0 Å². The number of aromatic carboxylic acids is 1. The monoisotopic (exact) mass is 305 g/mol. The average molecular weight is 305 g/mol. The van der Waals surface area contributed by atoms with Crippen molar-refractivity contribution >= 4 is 16.0 Å². The maximum absolute atomic E-state index is 12.3. The van der Waals surface area contributed by atoms with Crippen LogP contribution < -0.4 is 0 Å². The predicted octanol–water partition coefficient (Wildman–Crippen LogP) is 2.21. The Hall–Kier alpha value is -2.18. The third-order valence-corrected chi connectivity index (χ3v) is 4.88. The van der Waals surface area contributed by atoms with Crippen LogP contribution in [0.3, 0.4) is 0 Å². The Labute approximate surface area is 123 Å². The van der Waals surface area contributed by atoms with Gasteiger partial charge in [-0.25, -0.2) is 13.2 Å². The summed E-state index contributed by atoms with van der Waals surface area (Å²) < 4.78 is 25.9. The van der Waals surface area contributed by atoms with E-state index in [9.17, 15) is 13.2 Å². The predicted molar refractivity (Wildman–Crippen MR) is 78.5 cm³/mol. The van der Waals surface area contributed by atoms with Crippen LogP contribution in [0.1, 0.15) is 15.9 Å². The van der Waals surface area contributed by atoms with E-state index >= 15 is 0 Å². The minimum absolute atomic E-state index is 0.173. The lowest BCUT2D eigenvalue weighted by atomic mass is 10.1. The van der Waals surface area contributed by atoms with E-state index in [4.69, 9.17) is 5.11 Å². The lowest BCUT2D eigenvalue weighted by molar-refractivity contribution is 0.0697. The standard InChI is InChI=1S/C15H15NO4S/c1-16(21(19,20)14-5-3-2-4-6-14)11-12-7-9-13(10-8-12)15(17)18/h2-10H,11H2,1H3,(H,17,18). The Morgan fingerprint density at radius 3 is 2.14 bits per heavy atom. The number of hydrogen-bond acceptors (Lipinski definition) is 3. The summed E-state index contributed by atoms with van der Waals surface area (Å²) >= 11 is 0. The minimum Gasteiger partial charge on any atom is -0.478 e. The summed E-state index contributed by atoms with van der Waals surface area (Å²) in [7, 11) is -2.05. The van der Waals surface area contributed by atoms with Gasteiger partial charge >= 0.3 is 5.97 Å². The zero-order valence-electron chi connectivity index (χ0n) is 11.4. The molecule has 0 aliphatic carbocycles. The number of sulfonamides is 1. The van der Waals surface area contributed by atoms with Crippen LogP contribution in [-0.2, 0) is 16.6 Å². The lowest BCUT2D eigenvalue weighted by Gasteiger charge is -2.17. The second kappa shape index (κ2) is 6.07. The Kier molecular flexibility index (Phi) is 4.40. The molecule has 0 amide bonds. The second-order valence-electron chi connectivity index (χ2n) is 4.58. The molecule has 0 saturated heterocycles. The quantitative estimate of drug-likeness (QED) is 0.919. The number of benzene rings is 2. The van der Waals surface area contributed by atoms with Gasteiger partial charge in [-0.2, -0.15) is 4.31 Å². The Morgan fingerprint density at radius 1 is 1.05 bits per heavy atom. The molecule has 2 aromatic rings. The molecule has 2 rings (SSSR count). The minimum atomic E-state index is -3.55. The van der Waals surface area contributed by atoms with Gasteiger partial charge < -0.3 is 5.11 Å². The molecule has 1 N–H and O–H groups in total. The first-order valence-corrected chi connectivity index (χ1v) is 7.69. The number of hydrogen-bond donors (Lipinski definition) is 1. The molecule has 0 unspecified atom stereocenters. The fourth-order valence-corrected chi connectivity index (χ4v) is 3.05. The van der Waals surface area contributed by atoms with E-state index in [1.165, 1.54) is 23.5 Å². The molecule has 0 spiro atoms. The second-order valence-corrected chi connectivity index (χ2v) is 6.62. The van der Waals surface area contributed by atoms with E-state index in [0.29, 0.717) is 0 Å². The van der Waals surface area contributed by atoms with E-state index in [1.54, 1.807) is 42.5 Å². The maximum Gasteiger partial charge on any atom is 0.335 e. The topological polar surface area (TPSA) is 74.7 Å². The highest BCUT2D eigenvalue weighted by Crippen LogP contribution is 2.16. The van der Waals surface area contributed by atoms with Crippen molar-refractivity contribution in [2.75, 3.05) is 7.05 Å². The van der Waals surface area contributed by atoms with Crippen molar-refractivity contribution in [3.05, 3.63) is 65.7 Å². The highest BCUT2D eigenvalue weighted by atomic mass is 32.2. The zero-order chi connectivity index (χ0) is 15.5. The normalized spacial score (nSPS) is 11.5. The van der Waals surface area contributed by atoms with Gasteiger partial charge in [-0.1, -0.05) is 30.3 Å². The molecule has 0 aromatic heterocycles. The molecule has 0 bridgehead atoms. The van der Waals surface area contributed by atoms with Gasteiger partial charge in [0.25, 0.3) is 0 Å². The van der Waals surface area contributed by atoms with Gasteiger partial charge in [0.15, 0.2) is 0 Å². The molecule has 0 aliphatic heterocycles. The van der Waals surface area contributed by atoms with E-state index in [2.05, 4.69) is 0 Å². The average Bonchev–Trinajstić information content (AvgIpc) is 2.48. The number of carboxylic acid groups (broad SMARTS) is 1. The largest absolute Gasteiger partial charge is 0.478 e. The zero-order valence-corrected chi connectivity index (χ0v) is 12.2. The van der Waals surface area contributed by atoms with Crippen LogP contribution in [0.4, 0.5) is 0 Å². The van der Waals surface area contributed by atoms with Crippen LogP contribution in [0.5, 0.6) is 0 Å². The van der Waals surface area contributed by atoms with Crippen LogP contribution in [0, 0.1) is 0 Å². The third-order valence-electron chi connectivity index (χ3n) is 3.06. The molecular weight excluding hydrogens is 290 g/mol. The molecule has 0 heterocycles. The van der Waals surface area contributed by atoms with Crippen molar-refractivity contribution in [1.82, 2.24) is 4.31 Å². The fourth-order valence-electron chi connectivity index (χ4n) is 1.87. The van der Waals surface area contributed by atoms with Gasteiger partial charge in [-0.05, 0) is 29.8 Å². The first-order chi connectivity index (χ1) is 9.91. The third kappa shape index (κ3) is 3.48. The molecule has 110 valence electrons. The van der Waals surface area contributed by atoms with E-state index in [1.807, 2.05) is 0 Å². The highest BCUT2D eigenvalue weighted by molar-refractivity contribution is 7.89. The van der Waals surface area contributed by atoms with Crippen molar-refractivity contribution < 1.29 is 18.3 Å². The highest BCUT2D eigenvalue weighted by Gasteiger charge is 2.20. The number of nitrogens with zero attached hydrogens (tertiary/aromatic N) is 1. The summed E-state index contributed by atoms with van der Waals surface area (Å²) in [5, 5.41) is 8.83. The summed E-state index contributed by atoms with van der Waals surface area (Å²) in [6.45, 7) is 0.178. The molecule has 6 heteroatoms. The molecule has 0 saturated carbocycles. The van der Waals surface area contributed by atoms with Crippen LogP contribution in [0.15, 0.2) is 59.5 Å². The molecule has 0 aliphatic rings. The van der Waals surface area contributed by atoms with E-state index < -0.39 is 16.0 Å². The number of carbonyl (C=O) groups is 1. The van der Waals surface area contributed by atoms with Gasteiger partial charge in [-0.15, -0.1) is 0 Å². The first kappa shape index (κ1) is 15.2. The van der Waals surface area contributed by atoms with E-state index in [-0.39, 0.29) is 17.0 Å². The number of carboxylic acids is 1. The van der Waals surface area contributed by atoms with Crippen LogP contribution in [0.25, 0.3) is 0 Å². The van der Waals surface area contributed by atoms with Crippen molar-refractivity contribution in [2.24, 2.45) is 0 Å². The van der Waals surface area contributed by atoms with Gasteiger partial charge in [0, 0.05) is 13.6 Å². The molecule has 0 atom stereocenters. The first-order valence-electron chi connectivity index (χ1n) is 6.25. The summed E-state index contributed by atoms with van der Waals surface area (Å²) in [6, 6.07) is 14.3. The summed E-state index contributed by atoms with van der Waals surface area (Å²) in [4.78, 5) is 11.0. The van der Waals surface area contributed by atoms with Gasteiger partial charge in [0.1, 0.15) is 0 Å². The summed E-state index contributed by atoms with van der Waals surface area (Å²) in [5.74, 6) is -1.01. The molecule has 5 nitrogen and oxygen atoms in total. The fraction of sp³-hybridized carbons (Fsp3) is 0.133. The Balaban J connectivity index is 2.18. The van der Waals surface area contributed by atoms with Crippen LogP contribution in [-0.4, -0.2) is 30.8 Å². The smallest absolute Gasteiger partial charge is 0.335 e. The molecule has 0 radical (unpaired) electrons. The Bertz CT molecular complexity index is 724. The Morgan fingerprint density at radius 2 is 1.62 bits per heavy atom. The van der Waals surface area contributed by atoms with Crippen molar-refractivity contribution in [1.29, 1.82) is 0 Å². The van der Waals surface area contributed by atoms with Crippen LogP contribution >= 0.6 is 0 Å². The van der Waals surface area contributed by atoms with Gasteiger partial charge in [0.05, 0.1) is 10.5 Å². The SMILES string of the molecule is CN(Cc1ccc(C(=O)O)cc1)S(=O)(=O)c1ccccc1. The van der Waals surface area contributed by atoms with Crippen molar-refractivity contribution in [2.45, 2.75) is 11.4 Å². The van der Waals surface area contributed by atoms with Crippen molar-refractivity contribution in [3.8, 4) is 0 Å². The van der Waals surface area contributed by atoms with Crippen molar-refractivity contribution in [3.63, 3.8) is 0 Å². The lowest BCUT2D eigenvalue weighted by Crippen LogP contribution is -2.26. The maximum atomic E-state index is 12.3. The molecule has 2 aromatic carbocycles. The van der Waals surface area contributed by atoms with Crippen LogP contribution in [0.2, 0.25) is 0 Å². The molecular formula is C15H15NO4S. The summed E-state index contributed by atoms with van der Waals surface area (Å²) in [5.41, 5.74) is 0.898. The van der Waals surface area contributed by atoms with E-state index in [0.717, 1.165) is 5.56 Å². The molecule has 0 fully saturated rings. The van der Waals surface area contributed by atoms with Gasteiger partial charge in [0.2, 0.25) is 10.0 Å². The number of rotatable bonds is 5. The molecule has 21 heavy (non-hydrogen) atoms. The summed E-state index contributed by atoms with van der Waals surface area (Å²) in [6.07, 6.45) is 0.